The zero-order valence-corrected chi connectivity index (χ0v) is 8.90. The fraction of sp³-hybridized carbons (Fsp3) is 1.00. The van der Waals surface area contributed by atoms with Crippen LogP contribution in [0.25, 0.3) is 0 Å². The fourth-order valence-electron chi connectivity index (χ4n) is 0.776. The molecule has 0 aromatic rings. The van der Waals surface area contributed by atoms with Gasteiger partial charge in [0, 0.05) is 31.5 Å². The highest BCUT2D eigenvalue weighted by Crippen LogP contribution is 1.90. The second-order valence-electron chi connectivity index (χ2n) is 2.71. The van der Waals surface area contributed by atoms with Crippen LogP contribution in [-0.2, 0) is 4.74 Å². The van der Waals surface area contributed by atoms with Crippen molar-refractivity contribution >= 4 is 0 Å². The molecule has 0 atom stereocenters. The molecule has 0 bridgehead atoms. The van der Waals surface area contributed by atoms with Crippen molar-refractivity contribution in [1.82, 2.24) is 4.90 Å². The van der Waals surface area contributed by atoms with E-state index >= 15 is 0 Å². The van der Waals surface area contributed by atoms with Crippen molar-refractivity contribution in [2.75, 3.05) is 33.9 Å². The van der Waals surface area contributed by atoms with E-state index in [1.807, 2.05) is 6.92 Å². The molecule has 2 nitrogen and oxygen atoms in total. The summed E-state index contributed by atoms with van der Waals surface area (Å²) >= 11 is 0. The standard InChI is InChI=1S/C8H19NO.2F2/c1-4-10-8-6-5-7-9(2)3;2*1-2/h4-8H2,1-3H3;;. The predicted octanol–water partition coefficient (Wildman–Crippen LogP) is 3.05. The van der Waals surface area contributed by atoms with Gasteiger partial charge in [0.1, 0.15) is 0 Å². The number of hydrogen-bond acceptors (Lipinski definition) is 2. The first kappa shape index (κ1) is 19.2. The van der Waals surface area contributed by atoms with Crippen molar-refractivity contribution in [2.24, 2.45) is 0 Å². The summed E-state index contributed by atoms with van der Waals surface area (Å²) < 4.78 is 37.2. The van der Waals surface area contributed by atoms with Crippen LogP contribution >= 0.6 is 0 Å². The van der Waals surface area contributed by atoms with Gasteiger partial charge in [0.2, 0.25) is 0 Å². The number of rotatable bonds is 6. The van der Waals surface area contributed by atoms with Crippen molar-refractivity contribution in [3.63, 3.8) is 0 Å². The van der Waals surface area contributed by atoms with E-state index in [0.29, 0.717) is 0 Å². The summed E-state index contributed by atoms with van der Waals surface area (Å²) in [5.74, 6) is 0. The summed E-state index contributed by atoms with van der Waals surface area (Å²) in [6, 6.07) is 0. The Balaban J connectivity index is -0.000000266. The Morgan fingerprint density at radius 2 is 1.50 bits per heavy atom. The molecule has 14 heavy (non-hydrogen) atoms. The zero-order chi connectivity index (χ0) is 11.8. The third kappa shape index (κ3) is 29.9. The summed E-state index contributed by atoms with van der Waals surface area (Å²) in [5.41, 5.74) is 0. The van der Waals surface area contributed by atoms with Gasteiger partial charge in [0.15, 0.2) is 0 Å². The normalized spacial score (nSPS) is 8.57. The molecule has 0 amide bonds. The van der Waals surface area contributed by atoms with Gasteiger partial charge in [0.25, 0.3) is 0 Å². The molecule has 0 radical (unpaired) electrons. The highest BCUT2D eigenvalue weighted by atomic mass is 20.0. The minimum absolute atomic E-state index is 0.849. The van der Waals surface area contributed by atoms with E-state index < -0.39 is 0 Å². The number of unbranched alkanes of at least 4 members (excludes halogenated alkanes) is 1. The molecule has 0 unspecified atom stereocenters. The van der Waals surface area contributed by atoms with Crippen LogP contribution in [0.5, 0.6) is 0 Å². The highest BCUT2D eigenvalue weighted by molar-refractivity contribution is 4.43. The monoisotopic (exact) mass is 221 g/mol. The summed E-state index contributed by atoms with van der Waals surface area (Å²) in [6.07, 6.45) is 2.43. The first-order valence-corrected chi connectivity index (χ1v) is 4.28. The van der Waals surface area contributed by atoms with E-state index in [2.05, 4.69) is 19.0 Å². The molecule has 0 aromatic carbocycles. The van der Waals surface area contributed by atoms with E-state index in [1.165, 1.54) is 19.4 Å². The van der Waals surface area contributed by atoms with Crippen molar-refractivity contribution in [2.45, 2.75) is 19.8 Å². The van der Waals surface area contributed by atoms with Crippen LogP contribution in [0.3, 0.4) is 0 Å². The predicted molar refractivity (Wildman–Crippen MR) is 48.7 cm³/mol. The zero-order valence-electron chi connectivity index (χ0n) is 8.90. The second kappa shape index (κ2) is 22.9. The van der Waals surface area contributed by atoms with Gasteiger partial charge in [-0.2, -0.15) is 0 Å². The lowest BCUT2D eigenvalue weighted by molar-refractivity contribution is 0.108. The van der Waals surface area contributed by atoms with Crippen molar-refractivity contribution in [3.8, 4) is 0 Å². The van der Waals surface area contributed by atoms with Crippen LogP contribution in [0.1, 0.15) is 19.8 Å². The van der Waals surface area contributed by atoms with E-state index in [9.17, 15) is 0 Å². The summed E-state index contributed by atoms with van der Waals surface area (Å²) in [5, 5.41) is 0. The van der Waals surface area contributed by atoms with Gasteiger partial charge in [-0.1, -0.05) is 0 Å². The fourth-order valence-corrected chi connectivity index (χ4v) is 0.776. The molecule has 0 aliphatic carbocycles. The topological polar surface area (TPSA) is 12.5 Å². The molecule has 0 aromatic heterocycles. The van der Waals surface area contributed by atoms with Crippen LogP contribution in [0.4, 0.5) is 18.3 Å². The molecule has 0 fully saturated rings. The molecular weight excluding hydrogens is 202 g/mol. The van der Waals surface area contributed by atoms with Crippen LogP contribution in [0.2, 0.25) is 0 Å². The number of hydrogen-bond donors (Lipinski definition) is 0. The van der Waals surface area contributed by atoms with Crippen molar-refractivity contribution in [1.29, 1.82) is 0 Å². The Labute approximate surface area is 82.6 Å². The minimum Gasteiger partial charge on any atom is -0.382 e. The Morgan fingerprint density at radius 3 is 1.86 bits per heavy atom. The van der Waals surface area contributed by atoms with Crippen molar-refractivity contribution < 1.29 is 23.0 Å². The van der Waals surface area contributed by atoms with E-state index in [1.54, 1.807) is 0 Å². The molecule has 0 spiro atoms. The maximum absolute atomic E-state index is 8.00. The molecule has 0 heterocycles. The first-order valence-electron chi connectivity index (χ1n) is 4.28. The summed E-state index contributed by atoms with van der Waals surface area (Å²) in [7, 11) is 4.20. The lowest BCUT2D eigenvalue weighted by Crippen LogP contribution is -2.13. The Kier molecular flexibility index (Phi) is 31.5. The van der Waals surface area contributed by atoms with Crippen LogP contribution < -0.4 is 0 Å². The van der Waals surface area contributed by atoms with Gasteiger partial charge < -0.3 is 9.64 Å². The molecule has 0 rings (SSSR count). The van der Waals surface area contributed by atoms with Gasteiger partial charge in [-0.05, 0) is 40.4 Å². The lowest BCUT2D eigenvalue weighted by atomic mass is 10.3. The maximum Gasteiger partial charge on any atom is 0.0466 e. The van der Waals surface area contributed by atoms with E-state index in [-0.39, 0.29) is 0 Å². The SMILES string of the molecule is CCOCCCCN(C)C.FF.FF. The molecule has 0 aliphatic heterocycles. The molecule has 0 saturated carbocycles. The number of nitrogens with zero attached hydrogens (tertiary/aromatic N) is 1. The van der Waals surface area contributed by atoms with Gasteiger partial charge in [-0.15, -0.1) is 0 Å². The third-order valence-electron chi connectivity index (χ3n) is 1.35. The summed E-state index contributed by atoms with van der Waals surface area (Å²) in [6.45, 7) is 4.98. The molecule has 0 N–H and O–H groups in total. The van der Waals surface area contributed by atoms with Crippen molar-refractivity contribution in [3.05, 3.63) is 0 Å². The lowest BCUT2D eigenvalue weighted by Gasteiger charge is -2.08. The quantitative estimate of drug-likeness (QED) is 0.505. The molecular formula is C8H19F4NO. The second-order valence-corrected chi connectivity index (χ2v) is 2.71. The Hall–Kier alpha value is -0.360. The first-order chi connectivity index (χ1) is 6.77. The van der Waals surface area contributed by atoms with E-state index in [0.717, 1.165) is 13.2 Å². The molecule has 0 saturated heterocycles. The third-order valence-corrected chi connectivity index (χ3v) is 1.35. The van der Waals surface area contributed by atoms with Crippen LogP contribution in [0, 0.1) is 0 Å². The average Bonchev–Trinajstić information content (AvgIpc) is 2.23. The molecule has 0 aliphatic rings. The van der Waals surface area contributed by atoms with Gasteiger partial charge in [-0.3, -0.25) is 0 Å². The summed E-state index contributed by atoms with van der Waals surface area (Å²) in [4.78, 5) is 2.20. The Morgan fingerprint density at radius 1 is 1.00 bits per heavy atom. The smallest absolute Gasteiger partial charge is 0.0466 e. The largest absolute Gasteiger partial charge is 0.382 e. The van der Waals surface area contributed by atoms with Crippen LogP contribution in [0.15, 0.2) is 0 Å². The highest BCUT2D eigenvalue weighted by Gasteiger charge is 1.89. The number of halogens is 4. The van der Waals surface area contributed by atoms with Gasteiger partial charge in [-0.25, -0.2) is 0 Å². The van der Waals surface area contributed by atoms with Gasteiger partial charge >= 0.3 is 0 Å². The Bertz CT molecular complexity index is 76.4. The van der Waals surface area contributed by atoms with E-state index in [4.69, 9.17) is 23.0 Å². The molecule has 90 valence electrons. The van der Waals surface area contributed by atoms with Gasteiger partial charge in [0.05, 0.1) is 0 Å². The molecule has 6 heteroatoms. The maximum atomic E-state index is 8.00. The minimum atomic E-state index is 0.849. The van der Waals surface area contributed by atoms with Crippen LogP contribution in [-0.4, -0.2) is 38.8 Å². The number of ether oxygens (including phenoxy) is 1. The average molecular weight is 221 g/mol.